The van der Waals surface area contributed by atoms with Gasteiger partial charge in [-0.2, -0.15) is 0 Å². The molecule has 2 aromatic rings. The number of esters is 1. The van der Waals surface area contributed by atoms with Crippen LogP contribution in [0.1, 0.15) is 38.8 Å². The molecule has 0 saturated heterocycles. The summed E-state index contributed by atoms with van der Waals surface area (Å²) in [5, 5.41) is 0.922. The van der Waals surface area contributed by atoms with E-state index in [4.69, 9.17) is 4.74 Å². The summed E-state index contributed by atoms with van der Waals surface area (Å²) >= 11 is 0. The summed E-state index contributed by atoms with van der Waals surface area (Å²) in [6.45, 7) is 5.81. The molecule has 1 aromatic carbocycles. The molecule has 2 aliphatic carbocycles. The Morgan fingerprint density at radius 1 is 1.25 bits per heavy atom. The van der Waals surface area contributed by atoms with E-state index >= 15 is 0 Å². The maximum Gasteiger partial charge on any atom is 0.325 e. The standard InChI is InChI=1S/C20H21NO3/c1-12-7-8-13-5-4-6-15(16(13)21-12)24-18(23)20-10-9-14(11-20)19(2,3)17(20)22/h4-8,14H,9-11H2,1-3H3. The van der Waals surface area contributed by atoms with Gasteiger partial charge in [0.2, 0.25) is 0 Å². The predicted octanol–water partition coefficient (Wildman–Crippen LogP) is 3.84. The van der Waals surface area contributed by atoms with Crippen LogP contribution in [0.3, 0.4) is 0 Å². The maximum absolute atomic E-state index is 13.0. The summed E-state index contributed by atoms with van der Waals surface area (Å²) in [4.78, 5) is 30.3. The molecule has 2 bridgehead atoms. The number of carbonyl (C=O) groups is 2. The Morgan fingerprint density at radius 2 is 2.04 bits per heavy atom. The van der Waals surface area contributed by atoms with Crippen molar-refractivity contribution in [3.63, 3.8) is 0 Å². The fourth-order valence-corrected chi connectivity index (χ4v) is 4.45. The molecule has 4 nitrogen and oxygen atoms in total. The molecular formula is C20H21NO3. The lowest BCUT2D eigenvalue weighted by Gasteiger charge is -2.31. The molecule has 2 saturated carbocycles. The van der Waals surface area contributed by atoms with Gasteiger partial charge in [-0.15, -0.1) is 0 Å². The predicted molar refractivity (Wildman–Crippen MR) is 90.7 cm³/mol. The average Bonchev–Trinajstić information content (AvgIpc) is 3.08. The number of Topliss-reactive ketones (excluding diaryl/α,β-unsaturated/α-hetero) is 1. The lowest BCUT2D eigenvalue weighted by atomic mass is 9.71. The molecule has 0 amide bonds. The molecule has 4 rings (SSSR count). The number of para-hydroxylation sites is 1. The topological polar surface area (TPSA) is 56.3 Å². The number of rotatable bonds is 2. The lowest BCUT2D eigenvalue weighted by Crippen LogP contribution is -2.43. The Balaban J connectivity index is 1.71. The lowest BCUT2D eigenvalue weighted by molar-refractivity contribution is -0.153. The van der Waals surface area contributed by atoms with Crippen LogP contribution in [0.25, 0.3) is 10.9 Å². The molecule has 124 valence electrons. The molecule has 0 radical (unpaired) electrons. The number of aryl methyl sites for hydroxylation is 1. The summed E-state index contributed by atoms with van der Waals surface area (Å²) in [6.07, 6.45) is 2.14. The van der Waals surface area contributed by atoms with E-state index in [2.05, 4.69) is 4.98 Å². The molecule has 0 N–H and O–H groups in total. The Bertz CT molecular complexity index is 870. The van der Waals surface area contributed by atoms with E-state index in [1.165, 1.54) is 0 Å². The van der Waals surface area contributed by atoms with Crippen LogP contribution in [0.4, 0.5) is 0 Å². The van der Waals surface area contributed by atoms with E-state index in [1.54, 1.807) is 6.07 Å². The Morgan fingerprint density at radius 3 is 2.75 bits per heavy atom. The highest BCUT2D eigenvalue weighted by molar-refractivity contribution is 6.09. The second-order valence-corrected chi connectivity index (χ2v) is 7.74. The SMILES string of the molecule is Cc1ccc2cccc(OC(=O)C34CCC(C3)C(C)(C)C4=O)c2n1. The van der Waals surface area contributed by atoms with Crippen LogP contribution in [0, 0.1) is 23.7 Å². The van der Waals surface area contributed by atoms with Crippen LogP contribution >= 0.6 is 0 Å². The molecule has 1 heterocycles. The highest BCUT2D eigenvalue weighted by Crippen LogP contribution is 2.60. The van der Waals surface area contributed by atoms with Crippen molar-refractivity contribution in [2.24, 2.45) is 16.7 Å². The van der Waals surface area contributed by atoms with Gasteiger partial charge in [-0.1, -0.05) is 32.0 Å². The molecule has 2 unspecified atom stereocenters. The van der Waals surface area contributed by atoms with Crippen molar-refractivity contribution in [2.75, 3.05) is 0 Å². The highest BCUT2D eigenvalue weighted by atomic mass is 16.5. The first-order valence-corrected chi connectivity index (χ1v) is 8.48. The first-order valence-electron chi connectivity index (χ1n) is 8.48. The molecule has 1 aromatic heterocycles. The molecule has 2 aliphatic rings. The van der Waals surface area contributed by atoms with Crippen molar-refractivity contribution >= 4 is 22.7 Å². The molecule has 2 fully saturated rings. The van der Waals surface area contributed by atoms with Crippen molar-refractivity contribution in [3.05, 3.63) is 36.0 Å². The number of aromatic nitrogens is 1. The van der Waals surface area contributed by atoms with E-state index in [-0.39, 0.29) is 11.7 Å². The molecule has 0 spiro atoms. The number of benzene rings is 1. The minimum atomic E-state index is -0.958. The van der Waals surface area contributed by atoms with Gasteiger partial charge in [-0.25, -0.2) is 4.98 Å². The number of pyridine rings is 1. The van der Waals surface area contributed by atoms with Gasteiger partial charge in [0.05, 0.1) is 0 Å². The van der Waals surface area contributed by atoms with Gasteiger partial charge in [-0.3, -0.25) is 9.59 Å². The summed E-state index contributed by atoms with van der Waals surface area (Å²) < 4.78 is 5.73. The number of fused-ring (bicyclic) bond motifs is 3. The van der Waals surface area contributed by atoms with E-state index in [1.807, 2.05) is 45.0 Å². The van der Waals surface area contributed by atoms with Crippen molar-refractivity contribution in [2.45, 2.75) is 40.0 Å². The Labute approximate surface area is 141 Å². The molecule has 4 heteroatoms. The van der Waals surface area contributed by atoms with Gasteiger partial charge in [0.1, 0.15) is 10.9 Å². The van der Waals surface area contributed by atoms with Crippen LogP contribution in [0.15, 0.2) is 30.3 Å². The number of ketones is 1. The fourth-order valence-electron chi connectivity index (χ4n) is 4.45. The Kier molecular flexibility index (Phi) is 3.11. The van der Waals surface area contributed by atoms with Gasteiger partial charge in [0, 0.05) is 16.5 Å². The Hall–Kier alpha value is -2.23. The van der Waals surface area contributed by atoms with E-state index in [0.717, 1.165) is 17.5 Å². The van der Waals surface area contributed by atoms with Crippen LogP contribution < -0.4 is 4.74 Å². The number of hydrogen-bond acceptors (Lipinski definition) is 4. The second-order valence-electron chi connectivity index (χ2n) is 7.74. The zero-order valence-corrected chi connectivity index (χ0v) is 14.3. The fraction of sp³-hybridized carbons (Fsp3) is 0.450. The van der Waals surface area contributed by atoms with E-state index < -0.39 is 16.8 Å². The van der Waals surface area contributed by atoms with E-state index in [9.17, 15) is 9.59 Å². The van der Waals surface area contributed by atoms with E-state index in [0.29, 0.717) is 24.1 Å². The minimum Gasteiger partial charge on any atom is -0.423 e. The maximum atomic E-state index is 13.0. The zero-order chi connectivity index (χ0) is 17.1. The third-order valence-electron chi connectivity index (χ3n) is 5.97. The number of hydrogen-bond donors (Lipinski definition) is 0. The van der Waals surface area contributed by atoms with Crippen molar-refractivity contribution < 1.29 is 14.3 Å². The van der Waals surface area contributed by atoms with Gasteiger partial charge in [-0.05, 0) is 44.2 Å². The molecule has 0 aliphatic heterocycles. The molecule has 2 atom stereocenters. The largest absolute Gasteiger partial charge is 0.423 e. The normalized spacial score (nSPS) is 27.6. The number of ether oxygens (including phenoxy) is 1. The van der Waals surface area contributed by atoms with Crippen LogP contribution in [0.5, 0.6) is 5.75 Å². The van der Waals surface area contributed by atoms with Crippen LogP contribution in [0.2, 0.25) is 0 Å². The summed E-state index contributed by atoms with van der Waals surface area (Å²) in [7, 11) is 0. The van der Waals surface area contributed by atoms with Crippen molar-refractivity contribution in [1.29, 1.82) is 0 Å². The average molecular weight is 323 g/mol. The number of nitrogens with zero attached hydrogens (tertiary/aromatic N) is 1. The van der Waals surface area contributed by atoms with Gasteiger partial charge in [0.25, 0.3) is 0 Å². The van der Waals surface area contributed by atoms with Gasteiger partial charge >= 0.3 is 5.97 Å². The summed E-state index contributed by atoms with van der Waals surface area (Å²) in [5.74, 6) is 0.360. The molecule has 24 heavy (non-hydrogen) atoms. The third kappa shape index (κ3) is 1.95. The third-order valence-corrected chi connectivity index (χ3v) is 5.97. The monoisotopic (exact) mass is 323 g/mol. The van der Waals surface area contributed by atoms with Crippen LogP contribution in [-0.4, -0.2) is 16.7 Å². The van der Waals surface area contributed by atoms with Gasteiger partial charge < -0.3 is 4.74 Å². The number of carbonyl (C=O) groups excluding carboxylic acids is 2. The smallest absolute Gasteiger partial charge is 0.325 e. The zero-order valence-electron chi connectivity index (χ0n) is 14.3. The molecular weight excluding hydrogens is 302 g/mol. The second kappa shape index (κ2) is 4.88. The van der Waals surface area contributed by atoms with Crippen molar-refractivity contribution in [3.8, 4) is 5.75 Å². The first-order chi connectivity index (χ1) is 11.3. The van der Waals surface area contributed by atoms with Crippen LogP contribution in [-0.2, 0) is 9.59 Å². The summed E-state index contributed by atoms with van der Waals surface area (Å²) in [6, 6.07) is 9.42. The van der Waals surface area contributed by atoms with Crippen molar-refractivity contribution in [1.82, 2.24) is 4.98 Å². The highest BCUT2D eigenvalue weighted by Gasteiger charge is 2.66. The summed E-state index contributed by atoms with van der Waals surface area (Å²) in [5.41, 5.74) is 0.148. The quantitative estimate of drug-likeness (QED) is 0.478. The minimum absolute atomic E-state index is 0.0422. The van der Waals surface area contributed by atoms with Gasteiger partial charge in [0.15, 0.2) is 11.5 Å². The first kappa shape index (κ1) is 15.3.